The van der Waals surface area contributed by atoms with Crippen LogP contribution in [0, 0.1) is 13.8 Å². The van der Waals surface area contributed by atoms with Crippen LogP contribution >= 0.6 is 31.9 Å². The van der Waals surface area contributed by atoms with Gasteiger partial charge in [0.1, 0.15) is 5.71 Å². The minimum atomic E-state index is -0.165. The van der Waals surface area contributed by atoms with Crippen LogP contribution in [0.2, 0.25) is 0 Å². The Morgan fingerprint density at radius 3 is 2.38 bits per heavy atom. The number of halogens is 2. The van der Waals surface area contributed by atoms with Crippen LogP contribution < -0.4 is 5.32 Å². The number of hydrogen-bond donors (Lipinski definition) is 1. The molecule has 106 valence electrons. The molecule has 2 aromatic rings. The van der Waals surface area contributed by atoms with Crippen LogP contribution in [0.25, 0.3) is 0 Å². The van der Waals surface area contributed by atoms with Crippen molar-refractivity contribution in [3.8, 4) is 0 Å². The molecule has 3 nitrogen and oxygen atoms in total. The summed E-state index contributed by atoms with van der Waals surface area (Å²) in [7, 11) is 0. The number of rotatable bonds is 1. The first-order valence-corrected chi connectivity index (χ1v) is 8.01. The van der Waals surface area contributed by atoms with Gasteiger partial charge in [0.25, 0.3) is 5.91 Å². The van der Waals surface area contributed by atoms with E-state index in [4.69, 9.17) is 0 Å². The Balaban J connectivity index is 2.13. The summed E-state index contributed by atoms with van der Waals surface area (Å²) in [6.07, 6.45) is 0. The molecule has 21 heavy (non-hydrogen) atoms. The average Bonchev–Trinajstić information content (AvgIpc) is 2.72. The van der Waals surface area contributed by atoms with E-state index >= 15 is 0 Å². The van der Waals surface area contributed by atoms with Crippen molar-refractivity contribution in [2.75, 3.05) is 5.32 Å². The predicted octanol–water partition coefficient (Wildman–Crippen LogP) is 4.90. The highest BCUT2D eigenvalue weighted by Gasteiger charge is 2.26. The maximum absolute atomic E-state index is 12.1. The molecule has 3 rings (SSSR count). The van der Waals surface area contributed by atoms with Gasteiger partial charge in [-0.05, 0) is 55.3 Å². The predicted molar refractivity (Wildman–Crippen MR) is 92.6 cm³/mol. The maximum Gasteiger partial charge on any atom is 0.275 e. The van der Waals surface area contributed by atoms with E-state index in [1.165, 1.54) is 0 Å². The summed E-state index contributed by atoms with van der Waals surface area (Å²) in [6, 6.07) is 9.61. The van der Waals surface area contributed by atoms with E-state index < -0.39 is 0 Å². The summed E-state index contributed by atoms with van der Waals surface area (Å²) in [5, 5.41) is 2.84. The molecule has 0 saturated carbocycles. The summed E-state index contributed by atoms with van der Waals surface area (Å²) < 4.78 is 2.00. The Hall–Kier alpha value is -1.46. The van der Waals surface area contributed by atoms with Crippen LogP contribution in [0.4, 0.5) is 11.4 Å². The monoisotopic (exact) mass is 406 g/mol. The molecule has 0 atom stereocenters. The molecular weight excluding hydrogens is 396 g/mol. The first-order chi connectivity index (χ1) is 9.95. The molecular formula is C16H12Br2N2O. The highest BCUT2D eigenvalue weighted by atomic mass is 79.9. The smallest absolute Gasteiger partial charge is 0.275 e. The quantitative estimate of drug-likeness (QED) is 0.717. The third-order valence-electron chi connectivity index (χ3n) is 3.36. The van der Waals surface area contributed by atoms with E-state index in [-0.39, 0.29) is 5.91 Å². The number of carbonyl (C=O) groups excluding carboxylic acids is 1. The Labute approximate surface area is 139 Å². The molecule has 1 heterocycles. The van der Waals surface area contributed by atoms with Gasteiger partial charge in [0.15, 0.2) is 0 Å². The lowest BCUT2D eigenvalue weighted by molar-refractivity contribution is -0.110. The summed E-state index contributed by atoms with van der Waals surface area (Å²) in [6.45, 7) is 4.03. The van der Waals surface area contributed by atoms with Gasteiger partial charge in [0.2, 0.25) is 0 Å². The average molecular weight is 408 g/mol. The van der Waals surface area contributed by atoms with Crippen molar-refractivity contribution in [2.45, 2.75) is 13.8 Å². The van der Waals surface area contributed by atoms with Gasteiger partial charge in [0, 0.05) is 14.5 Å². The van der Waals surface area contributed by atoms with Crippen molar-refractivity contribution in [1.82, 2.24) is 0 Å². The molecule has 0 radical (unpaired) electrons. The second-order valence-corrected chi connectivity index (χ2v) is 6.71. The van der Waals surface area contributed by atoms with Gasteiger partial charge in [0.05, 0.1) is 11.4 Å². The third kappa shape index (κ3) is 2.68. The summed E-state index contributed by atoms with van der Waals surface area (Å²) in [5.74, 6) is -0.165. The molecule has 2 aromatic carbocycles. The fourth-order valence-electron chi connectivity index (χ4n) is 2.35. The van der Waals surface area contributed by atoms with Gasteiger partial charge in [-0.1, -0.05) is 31.9 Å². The number of hydrogen-bond acceptors (Lipinski definition) is 2. The number of benzene rings is 2. The lowest BCUT2D eigenvalue weighted by atomic mass is 10.1. The second kappa shape index (κ2) is 5.39. The van der Waals surface area contributed by atoms with Crippen molar-refractivity contribution in [3.63, 3.8) is 0 Å². The molecule has 1 N–H and O–H groups in total. The lowest BCUT2D eigenvalue weighted by Crippen LogP contribution is -2.13. The molecule has 0 spiro atoms. The van der Waals surface area contributed by atoms with E-state index in [0.717, 1.165) is 37.0 Å². The van der Waals surface area contributed by atoms with Crippen molar-refractivity contribution in [2.24, 2.45) is 4.99 Å². The number of aliphatic imine (C=N–C) groups is 1. The summed E-state index contributed by atoms with van der Waals surface area (Å²) >= 11 is 6.97. The zero-order valence-corrected chi connectivity index (χ0v) is 14.7. The van der Waals surface area contributed by atoms with Crippen LogP contribution in [0.3, 0.4) is 0 Å². The summed E-state index contributed by atoms with van der Waals surface area (Å²) in [5.41, 5.74) is 5.06. The topological polar surface area (TPSA) is 41.5 Å². The van der Waals surface area contributed by atoms with Crippen molar-refractivity contribution in [3.05, 3.63) is 56.0 Å². The number of nitrogens with one attached hydrogen (secondary N) is 1. The van der Waals surface area contributed by atoms with Gasteiger partial charge in [-0.2, -0.15) is 0 Å². The highest BCUT2D eigenvalue weighted by Crippen LogP contribution is 2.31. The van der Waals surface area contributed by atoms with Crippen LogP contribution in [-0.2, 0) is 4.79 Å². The lowest BCUT2D eigenvalue weighted by Gasteiger charge is -2.05. The molecule has 0 saturated heterocycles. The fourth-order valence-corrected chi connectivity index (χ4v) is 2.94. The molecule has 0 aromatic heterocycles. The largest absolute Gasteiger partial charge is 0.320 e. The second-order valence-electron chi connectivity index (χ2n) is 5.00. The van der Waals surface area contributed by atoms with Gasteiger partial charge in [-0.25, -0.2) is 4.99 Å². The van der Waals surface area contributed by atoms with E-state index in [1.807, 2.05) is 44.2 Å². The van der Waals surface area contributed by atoms with Crippen molar-refractivity contribution in [1.29, 1.82) is 0 Å². The van der Waals surface area contributed by atoms with Crippen molar-refractivity contribution >= 4 is 54.9 Å². The Morgan fingerprint density at radius 2 is 1.71 bits per heavy atom. The van der Waals surface area contributed by atoms with Gasteiger partial charge < -0.3 is 5.32 Å². The Bertz CT molecular complexity index is 774. The molecule has 0 bridgehead atoms. The molecule has 5 heteroatoms. The van der Waals surface area contributed by atoms with Crippen LogP contribution in [0.5, 0.6) is 0 Å². The zero-order chi connectivity index (χ0) is 15.1. The number of carbonyl (C=O) groups is 1. The van der Waals surface area contributed by atoms with Crippen LogP contribution in [0.1, 0.15) is 16.7 Å². The number of nitrogens with zero attached hydrogens (tertiary/aromatic N) is 1. The SMILES string of the molecule is Cc1cc(N=C2C(=O)Nc3ccc(Br)cc32)cc(C)c1Br. The number of aryl methyl sites for hydroxylation is 2. The third-order valence-corrected chi connectivity index (χ3v) is 5.11. The number of anilines is 1. The van der Waals surface area contributed by atoms with Gasteiger partial charge in [-0.3, -0.25) is 4.79 Å². The first-order valence-electron chi connectivity index (χ1n) is 6.42. The van der Waals surface area contributed by atoms with E-state index in [1.54, 1.807) is 0 Å². The van der Waals surface area contributed by atoms with E-state index in [9.17, 15) is 4.79 Å². The first kappa shape index (κ1) is 14.5. The number of fused-ring (bicyclic) bond motifs is 1. The molecule has 0 aliphatic carbocycles. The van der Waals surface area contributed by atoms with Gasteiger partial charge in [-0.15, -0.1) is 0 Å². The van der Waals surface area contributed by atoms with E-state index in [2.05, 4.69) is 42.2 Å². The molecule has 1 amide bonds. The molecule has 0 fully saturated rings. The zero-order valence-electron chi connectivity index (χ0n) is 11.5. The van der Waals surface area contributed by atoms with E-state index in [0.29, 0.717) is 5.71 Å². The molecule has 1 aliphatic rings. The molecule has 1 aliphatic heterocycles. The molecule has 0 unspecified atom stereocenters. The minimum absolute atomic E-state index is 0.165. The Kier molecular flexibility index (Phi) is 3.71. The van der Waals surface area contributed by atoms with Crippen LogP contribution in [-0.4, -0.2) is 11.6 Å². The van der Waals surface area contributed by atoms with Gasteiger partial charge >= 0.3 is 0 Å². The minimum Gasteiger partial charge on any atom is -0.320 e. The highest BCUT2D eigenvalue weighted by molar-refractivity contribution is 9.10. The number of amides is 1. The normalized spacial score (nSPS) is 15.2. The Morgan fingerprint density at radius 1 is 1.05 bits per heavy atom. The fraction of sp³-hybridized carbons (Fsp3) is 0.125. The summed E-state index contributed by atoms with van der Waals surface area (Å²) in [4.78, 5) is 16.7. The maximum atomic E-state index is 12.1. The van der Waals surface area contributed by atoms with Crippen LogP contribution in [0.15, 0.2) is 44.3 Å². The van der Waals surface area contributed by atoms with Crippen molar-refractivity contribution < 1.29 is 4.79 Å². The standard InChI is InChI=1S/C16H12Br2N2O/c1-8-5-11(6-9(2)14(8)18)19-15-12-7-10(17)3-4-13(12)20-16(15)21/h3-7H,1-2H3,(H,19,20,21).